The van der Waals surface area contributed by atoms with Crippen LogP contribution >= 0.6 is 0 Å². The Morgan fingerprint density at radius 3 is 2.50 bits per heavy atom. The first-order valence-electron chi connectivity index (χ1n) is 10.2. The predicted octanol–water partition coefficient (Wildman–Crippen LogP) is 2.30. The van der Waals surface area contributed by atoms with Crippen LogP contribution in [-0.2, 0) is 6.54 Å². The van der Waals surface area contributed by atoms with E-state index in [0.717, 1.165) is 0 Å². The molecule has 4 aromatic rings. The zero-order valence-corrected chi connectivity index (χ0v) is 18.1. The van der Waals surface area contributed by atoms with Crippen LogP contribution in [0.25, 0.3) is 22.9 Å². The molecule has 2 atom stereocenters. The summed E-state index contributed by atoms with van der Waals surface area (Å²) in [7, 11) is 0. The maximum Gasteiger partial charge on any atom is 0.422 e. The van der Waals surface area contributed by atoms with Gasteiger partial charge in [0.2, 0.25) is 5.60 Å². The van der Waals surface area contributed by atoms with Crippen molar-refractivity contribution in [3.05, 3.63) is 66.1 Å². The third-order valence-electron chi connectivity index (χ3n) is 5.24. The number of nitrogens with two attached hydrogens (primary N) is 1. The highest BCUT2D eigenvalue weighted by molar-refractivity contribution is 5.63. The molecule has 0 radical (unpaired) electrons. The minimum absolute atomic E-state index is 0.0336. The molecule has 2 unspecified atom stereocenters. The first-order chi connectivity index (χ1) is 17.0. The van der Waals surface area contributed by atoms with E-state index in [1.54, 1.807) is 12.1 Å². The quantitative estimate of drug-likeness (QED) is 0.207. The molecule has 0 spiro atoms. The van der Waals surface area contributed by atoms with Gasteiger partial charge < -0.3 is 25.8 Å². The van der Waals surface area contributed by atoms with E-state index >= 15 is 0 Å². The van der Waals surface area contributed by atoms with E-state index in [1.807, 2.05) is 5.32 Å². The smallest absolute Gasteiger partial charge is 0.376 e. The molecule has 0 aliphatic rings. The molecule has 0 aliphatic carbocycles. The van der Waals surface area contributed by atoms with E-state index in [1.165, 1.54) is 35.2 Å². The van der Waals surface area contributed by atoms with Crippen molar-refractivity contribution < 1.29 is 36.7 Å². The number of rotatable bonds is 8. The second-order valence-electron chi connectivity index (χ2n) is 7.66. The highest BCUT2D eigenvalue weighted by atomic mass is 19.4. The summed E-state index contributed by atoms with van der Waals surface area (Å²) in [4.78, 5) is 7.67. The van der Waals surface area contributed by atoms with E-state index < -0.39 is 42.0 Å². The van der Waals surface area contributed by atoms with Crippen LogP contribution in [0.1, 0.15) is 5.56 Å². The highest BCUT2D eigenvalue weighted by Crippen LogP contribution is 2.32. The number of nitrogens with zero attached hydrogens (tertiary/aromatic N) is 5. The lowest BCUT2D eigenvalue weighted by Gasteiger charge is -2.32. The molecular formula is C21H18F5N7O3. The van der Waals surface area contributed by atoms with Gasteiger partial charge in [0, 0.05) is 11.6 Å². The molecule has 3 heterocycles. The lowest BCUT2D eigenvalue weighted by atomic mass is 10.0. The summed E-state index contributed by atoms with van der Waals surface area (Å²) in [6.45, 7) is -1.44. The van der Waals surface area contributed by atoms with Gasteiger partial charge in [-0.25, -0.2) is 18.7 Å². The van der Waals surface area contributed by atoms with E-state index in [0.29, 0.717) is 23.1 Å². The third-order valence-corrected chi connectivity index (χ3v) is 5.24. The number of aliphatic hydroxyl groups excluding tert-OH is 1. The molecule has 5 N–H and O–H groups in total. The summed E-state index contributed by atoms with van der Waals surface area (Å²) in [6.07, 6.45) is -6.06. The normalized spacial score (nSPS) is 14.4. The van der Waals surface area contributed by atoms with Gasteiger partial charge in [0.1, 0.15) is 29.7 Å². The molecule has 1 aromatic carbocycles. The van der Waals surface area contributed by atoms with Gasteiger partial charge in [-0.15, -0.1) is 0 Å². The number of aliphatic hydroxyl groups is 2. The van der Waals surface area contributed by atoms with E-state index in [9.17, 15) is 32.2 Å². The van der Waals surface area contributed by atoms with Crippen LogP contribution in [0.2, 0.25) is 0 Å². The Balaban J connectivity index is 1.68. The van der Waals surface area contributed by atoms with Crippen LogP contribution in [0, 0.1) is 11.6 Å². The van der Waals surface area contributed by atoms with E-state index in [-0.39, 0.29) is 18.1 Å². The maximum atomic E-state index is 14.3. The second kappa shape index (κ2) is 9.60. The summed E-state index contributed by atoms with van der Waals surface area (Å²) in [5.74, 6) is -2.54. The zero-order valence-electron chi connectivity index (χ0n) is 18.1. The second-order valence-corrected chi connectivity index (χ2v) is 7.66. The van der Waals surface area contributed by atoms with Crippen molar-refractivity contribution in [2.24, 2.45) is 5.73 Å². The molecule has 4 rings (SSSR count). The topological polar surface area (TPSA) is 148 Å². The lowest BCUT2D eigenvalue weighted by Crippen LogP contribution is -2.62. The van der Waals surface area contributed by atoms with Crippen LogP contribution in [0.15, 0.2) is 53.4 Å². The summed E-state index contributed by atoms with van der Waals surface area (Å²) >= 11 is 0. The number of aromatic nitrogens is 5. The molecule has 0 bridgehead atoms. The van der Waals surface area contributed by atoms with Crippen LogP contribution in [-0.4, -0.2) is 59.7 Å². The lowest BCUT2D eigenvalue weighted by molar-refractivity contribution is -0.283. The van der Waals surface area contributed by atoms with Crippen molar-refractivity contribution in [3.63, 3.8) is 0 Å². The molecule has 0 saturated carbocycles. The average Bonchev–Trinajstić information content (AvgIpc) is 3.49. The van der Waals surface area contributed by atoms with Gasteiger partial charge >= 0.3 is 6.18 Å². The number of alkyl halides is 3. The predicted molar refractivity (Wildman–Crippen MR) is 114 cm³/mol. The molecule has 0 fully saturated rings. The molecule has 0 amide bonds. The number of anilines is 1. The Morgan fingerprint density at radius 2 is 1.86 bits per heavy atom. The Kier molecular flexibility index (Phi) is 6.71. The highest BCUT2D eigenvalue weighted by Gasteiger charge is 2.57. The van der Waals surface area contributed by atoms with Gasteiger partial charge in [0.25, 0.3) is 0 Å². The minimum Gasteiger partial charge on any atom is -0.376 e. The zero-order chi connectivity index (χ0) is 26.1. The van der Waals surface area contributed by atoms with Crippen LogP contribution in [0.5, 0.6) is 0 Å². The molecule has 0 aliphatic heterocycles. The Labute approximate surface area is 199 Å². The molecular weight excluding hydrogens is 493 g/mol. The van der Waals surface area contributed by atoms with Gasteiger partial charge in [0.05, 0.1) is 25.0 Å². The van der Waals surface area contributed by atoms with Crippen LogP contribution in [0.3, 0.4) is 0 Å². The maximum absolute atomic E-state index is 14.3. The van der Waals surface area contributed by atoms with Gasteiger partial charge in [-0.3, -0.25) is 4.68 Å². The van der Waals surface area contributed by atoms with Crippen molar-refractivity contribution in [2.75, 3.05) is 11.9 Å². The monoisotopic (exact) mass is 511 g/mol. The number of halogens is 5. The third kappa shape index (κ3) is 4.89. The SMILES string of the molecule is NC(O)C(O)(CNc1nc(-c2cc(-c3ccon3)n(Cc3ccccc3F)n2)ncc1F)C(F)(F)F. The van der Waals surface area contributed by atoms with Crippen molar-refractivity contribution in [1.82, 2.24) is 24.9 Å². The van der Waals surface area contributed by atoms with Crippen molar-refractivity contribution in [1.29, 1.82) is 0 Å². The first kappa shape index (κ1) is 25.2. The average molecular weight is 511 g/mol. The minimum atomic E-state index is -5.33. The number of hydrogen-bond acceptors (Lipinski definition) is 9. The van der Waals surface area contributed by atoms with Crippen molar-refractivity contribution in [3.8, 4) is 22.9 Å². The fourth-order valence-corrected chi connectivity index (χ4v) is 3.19. The van der Waals surface area contributed by atoms with Crippen LogP contribution in [0.4, 0.5) is 27.8 Å². The number of nitrogens with one attached hydrogen (secondary N) is 1. The molecule has 15 heteroatoms. The van der Waals surface area contributed by atoms with E-state index in [2.05, 4.69) is 20.2 Å². The summed E-state index contributed by atoms with van der Waals surface area (Å²) in [5.41, 5.74) is 2.14. The largest absolute Gasteiger partial charge is 0.422 e. The van der Waals surface area contributed by atoms with Crippen molar-refractivity contribution in [2.45, 2.75) is 24.6 Å². The number of benzene rings is 1. The molecule has 190 valence electrons. The summed E-state index contributed by atoms with van der Waals surface area (Å²) < 4.78 is 74.3. The van der Waals surface area contributed by atoms with E-state index in [4.69, 9.17) is 10.3 Å². The molecule has 36 heavy (non-hydrogen) atoms. The number of hydrogen-bond donors (Lipinski definition) is 4. The first-order valence-corrected chi connectivity index (χ1v) is 10.2. The standard InChI is InChI=1S/C21H18F5N7O3/c22-12-4-2-1-3-11(12)9-33-16(14-5-6-36-32-14)7-15(31-33)18-28-8-13(23)17(30-18)29-10-20(35,19(27)34)21(24,25)26/h1-8,19,34-35H,9-10,27H2,(H,28,29,30). The summed E-state index contributed by atoms with van der Waals surface area (Å²) in [6, 6.07) is 8.96. The van der Waals surface area contributed by atoms with Crippen LogP contribution < -0.4 is 11.1 Å². The van der Waals surface area contributed by atoms with Gasteiger partial charge in [-0.05, 0) is 12.1 Å². The van der Waals surface area contributed by atoms with Crippen molar-refractivity contribution >= 4 is 5.82 Å². The fourth-order valence-electron chi connectivity index (χ4n) is 3.19. The van der Waals surface area contributed by atoms with Gasteiger partial charge in [-0.2, -0.15) is 18.3 Å². The van der Waals surface area contributed by atoms with Gasteiger partial charge in [0.15, 0.2) is 17.5 Å². The molecule has 3 aromatic heterocycles. The van der Waals surface area contributed by atoms with Gasteiger partial charge in [-0.1, -0.05) is 23.4 Å². The summed E-state index contributed by atoms with van der Waals surface area (Å²) in [5, 5.41) is 29.2. The molecule has 0 saturated heterocycles. The Hall–Kier alpha value is -3.95. The molecule has 10 nitrogen and oxygen atoms in total. The fraction of sp³-hybridized carbons (Fsp3) is 0.238. The Bertz CT molecular complexity index is 1340. The Morgan fingerprint density at radius 1 is 1.11 bits per heavy atom.